The third kappa shape index (κ3) is 2.89. The van der Waals surface area contributed by atoms with Crippen molar-refractivity contribution in [2.24, 2.45) is 0 Å². The Morgan fingerprint density at radius 2 is 2.15 bits per heavy atom. The highest BCUT2D eigenvalue weighted by Gasteiger charge is 2.25. The summed E-state index contributed by atoms with van der Waals surface area (Å²) < 4.78 is 0. The quantitative estimate of drug-likeness (QED) is 0.511. The van der Waals surface area contributed by atoms with Gasteiger partial charge in [0.15, 0.2) is 0 Å². The standard InChI is InChI=1S/C14H19N3O3/c1-10-5-3-2-4-8-16(10)14(18)12-9-11(17(19)20)6-7-13(12)15/h6-7,9-10H,2-5,8,15H2,1H3. The fraction of sp³-hybridized carbons (Fsp3) is 0.500. The molecule has 1 aromatic rings. The zero-order valence-corrected chi connectivity index (χ0v) is 11.5. The number of anilines is 1. The first-order valence-electron chi connectivity index (χ1n) is 6.85. The van der Waals surface area contributed by atoms with Crippen LogP contribution >= 0.6 is 0 Å². The number of nitro groups is 1. The van der Waals surface area contributed by atoms with Gasteiger partial charge in [0.25, 0.3) is 11.6 Å². The Balaban J connectivity index is 2.31. The van der Waals surface area contributed by atoms with Gasteiger partial charge < -0.3 is 10.6 Å². The molecular formula is C14H19N3O3. The summed E-state index contributed by atoms with van der Waals surface area (Å²) in [6, 6.07) is 4.16. The van der Waals surface area contributed by atoms with Crippen LogP contribution in [0.3, 0.4) is 0 Å². The average Bonchev–Trinajstić information content (AvgIpc) is 2.63. The minimum Gasteiger partial charge on any atom is -0.398 e. The van der Waals surface area contributed by atoms with E-state index in [2.05, 4.69) is 0 Å². The van der Waals surface area contributed by atoms with Gasteiger partial charge in [-0.3, -0.25) is 14.9 Å². The van der Waals surface area contributed by atoms with Crippen LogP contribution in [0.25, 0.3) is 0 Å². The van der Waals surface area contributed by atoms with E-state index in [4.69, 9.17) is 5.73 Å². The molecule has 1 saturated heterocycles. The Hall–Kier alpha value is -2.11. The molecule has 2 N–H and O–H groups in total. The van der Waals surface area contributed by atoms with Gasteiger partial charge in [-0.05, 0) is 25.8 Å². The first-order chi connectivity index (χ1) is 9.50. The van der Waals surface area contributed by atoms with E-state index in [1.165, 1.54) is 18.2 Å². The van der Waals surface area contributed by atoms with Gasteiger partial charge in [-0.2, -0.15) is 0 Å². The molecule has 1 heterocycles. The molecule has 108 valence electrons. The van der Waals surface area contributed by atoms with Gasteiger partial charge in [0.2, 0.25) is 0 Å². The van der Waals surface area contributed by atoms with Crippen molar-refractivity contribution in [2.45, 2.75) is 38.6 Å². The smallest absolute Gasteiger partial charge is 0.270 e. The largest absolute Gasteiger partial charge is 0.398 e. The fourth-order valence-electron chi connectivity index (χ4n) is 2.57. The molecule has 1 aliphatic rings. The number of non-ortho nitro benzene ring substituents is 1. The number of nitrogen functional groups attached to an aromatic ring is 1. The summed E-state index contributed by atoms with van der Waals surface area (Å²) in [6.45, 7) is 2.69. The van der Waals surface area contributed by atoms with Gasteiger partial charge in [0.05, 0.1) is 10.5 Å². The molecule has 0 radical (unpaired) electrons. The number of carbonyl (C=O) groups is 1. The van der Waals surface area contributed by atoms with E-state index in [0.29, 0.717) is 6.54 Å². The summed E-state index contributed by atoms with van der Waals surface area (Å²) in [6.07, 6.45) is 4.14. The van der Waals surface area contributed by atoms with Crippen molar-refractivity contribution in [3.63, 3.8) is 0 Å². The van der Waals surface area contributed by atoms with Gasteiger partial charge in [0, 0.05) is 30.4 Å². The normalized spacial score (nSPS) is 19.4. The topological polar surface area (TPSA) is 89.5 Å². The summed E-state index contributed by atoms with van der Waals surface area (Å²) in [7, 11) is 0. The maximum atomic E-state index is 12.6. The number of nitrogens with two attached hydrogens (primary N) is 1. The first kappa shape index (κ1) is 14.3. The second kappa shape index (κ2) is 5.90. The van der Waals surface area contributed by atoms with Crippen LogP contribution in [0.15, 0.2) is 18.2 Å². The fourth-order valence-corrected chi connectivity index (χ4v) is 2.57. The molecule has 2 rings (SSSR count). The number of amides is 1. The maximum Gasteiger partial charge on any atom is 0.270 e. The first-order valence-corrected chi connectivity index (χ1v) is 6.85. The van der Waals surface area contributed by atoms with Crippen LogP contribution in [0.1, 0.15) is 43.0 Å². The number of rotatable bonds is 2. The number of nitrogens with zero attached hydrogens (tertiary/aromatic N) is 2. The average molecular weight is 277 g/mol. The molecule has 20 heavy (non-hydrogen) atoms. The molecule has 6 nitrogen and oxygen atoms in total. The minimum absolute atomic E-state index is 0.106. The minimum atomic E-state index is -0.512. The molecule has 0 saturated carbocycles. The van der Waals surface area contributed by atoms with Crippen LogP contribution in [-0.4, -0.2) is 28.3 Å². The van der Waals surface area contributed by atoms with Crippen molar-refractivity contribution in [1.29, 1.82) is 0 Å². The van der Waals surface area contributed by atoms with E-state index in [0.717, 1.165) is 25.7 Å². The van der Waals surface area contributed by atoms with E-state index < -0.39 is 4.92 Å². The highest BCUT2D eigenvalue weighted by Crippen LogP contribution is 2.24. The summed E-state index contributed by atoms with van der Waals surface area (Å²) in [4.78, 5) is 24.7. The lowest BCUT2D eigenvalue weighted by Gasteiger charge is -2.27. The zero-order chi connectivity index (χ0) is 14.7. The van der Waals surface area contributed by atoms with Gasteiger partial charge in [0.1, 0.15) is 0 Å². The van der Waals surface area contributed by atoms with E-state index in [-0.39, 0.29) is 28.9 Å². The molecule has 0 aromatic heterocycles. The molecule has 0 spiro atoms. The molecule has 1 unspecified atom stereocenters. The third-order valence-corrected chi connectivity index (χ3v) is 3.79. The molecule has 6 heteroatoms. The third-order valence-electron chi connectivity index (χ3n) is 3.79. The van der Waals surface area contributed by atoms with Gasteiger partial charge in [-0.1, -0.05) is 12.8 Å². The Bertz CT molecular complexity index is 530. The molecule has 1 atom stereocenters. The van der Waals surface area contributed by atoms with Crippen LogP contribution in [0.4, 0.5) is 11.4 Å². The van der Waals surface area contributed by atoms with E-state index in [9.17, 15) is 14.9 Å². The van der Waals surface area contributed by atoms with Crippen molar-refractivity contribution in [3.05, 3.63) is 33.9 Å². The highest BCUT2D eigenvalue weighted by molar-refractivity contribution is 6.00. The monoisotopic (exact) mass is 277 g/mol. The Morgan fingerprint density at radius 3 is 2.85 bits per heavy atom. The number of carbonyl (C=O) groups excluding carboxylic acids is 1. The number of hydrogen-bond acceptors (Lipinski definition) is 4. The highest BCUT2D eigenvalue weighted by atomic mass is 16.6. The molecule has 1 aromatic carbocycles. The molecule has 1 fully saturated rings. The summed E-state index contributed by atoms with van der Waals surface area (Å²) in [5, 5.41) is 10.8. The van der Waals surface area contributed by atoms with Crippen LogP contribution in [0.5, 0.6) is 0 Å². The van der Waals surface area contributed by atoms with Crippen molar-refractivity contribution >= 4 is 17.3 Å². The van der Waals surface area contributed by atoms with Crippen molar-refractivity contribution in [2.75, 3.05) is 12.3 Å². The summed E-state index contributed by atoms with van der Waals surface area (Å²) in [5.41, 5.74) is 6.22. The van der Waals surface area contributed by atoms with Gasteiger partial charge in [-0.25, -0.2) is 0 Å². The SMILES string of the molecule is CC1CCCCCN1C(=O)c1cc([N+](=O)[O-])ccc1N. The predicted octanol–water partition coefficient (Wildman–Crippen LogP) is 2.58. The molecular weight excluding hydrogens is 258 g/mol. The summed E-state index contributed by atoms with van der Waals surface area (Å²) in [5.74, 6) is -0.208. The lowest BCUT2D eigenvalue weighted by Crippen LogP contribution is -2.38. The van der Waals surface area contributed by atoms with E-state index in [1.54, 1.807) is 4.90 Å². The number of benzene rings is 1. The molecule has 1 amide bonds. The van der Waals surface area contributed by atoms with Crippen LogP contribution in [-0.2, 0) is 0 Å². The molecule has 1 aliphatic heterocycles. The van der Waals surface area contributed by atoms with E-state index in [1.807, 2.05) is 6.92 Å². The summed E-state index contributed by atoms with van der Waals surface area (Å²) >= 11 is 0. The lowest BCUT2D eigenvalue weighted by atomic mass is 10.1. The predicted molar refractivity (Wildman–Crippen MR) is 76.5 cm³/mol. The van der Waals surface area contributed by atoms with Crippen molar-refractivity contribution < 1.29 is 9.72 Å². The Kier molecular flexibility index (Phi) is 4.22. The second-order valence-corrected chi connectivity index (χ2v) is 5.23. The van der Waals surface area contributed by atoms with Crippen molar-refractivity contribution in [3.8, 4) is 0 Å². The number of likely N-dealkylation sites (tertiary alicyclic amines) is 1. The van der Waals surface area contributed by atoms with Crippen LogP contribution in [0.2, 0.25) is 0 Å². The van der Waals surface area contributed by atoms with Crippen molar-refractivity contribution in [1.82, 2.24) is 4.90 Å². The van der Waals surface area contributed by atoms with E-state index >= 15 is 0 Å². The molecule has 0 aliphatic carbocycles. The van der Waals surface area contributed by atoms with Crippen LogP contribution < -0.4 is 5.73 Å². The van der Waals surface area contributed by atoms with Crippen LogP contribution in [0, 0.1) is 10.1 Å². The lowest BCUT2D eigenvalue weighted by molar-refractivity contribution is -0.384. The zero-order valence-electron chi connectivity index (χ0n) is 11.5. The maximum absolute atomic E-state index is 12.6. The van der Waals surface area contributed by atoms with Gasteiger partial charge in [-0.15, -0.1) is 0 Å². The van der Waals surface area contributed by atoms with Gasteiger partial charge >= 0.3 is 0 Å². The number of hydrogen-bond donors (Lipinski definition) is 1. The second-order valence-electron chi connectivity index (χ2n) is 5.23. The number of nitro benzene ring substituents is 1. The Labute approximate surface area is 117 Å². The molecule has 0 bridgehead atoms. The Morgan fingerprint density at radius 1 is 1.40 bits per heavy atom.